The van der Waals surface area contributed by atoms with Gasteiger partial charge in [-0.15, -0.1) is 0 Å². The predicted molar refractivity (Wildman–Crippen MR) is 174 cm³/mol. The topological polar surface area (TPSA) is 79.7 Å². The fourth-order valence-corrected chi connectivity index (χ4v) is 7.79. The minimum absolute atomic E-state index is 0.0313. The predicted octanol–water partition coefficient (Wildman–Crippen LogP) is 7.74. The van der Waals surface area contributed by atoms with Crippen LogP contribution in [0.4, 0.5) is 21.9 Å². The number of nitrogens with zero attached hydrogens (tertiary/aromatic N) is 4. The standard InChI is InChI=1S/C36H45N5O3/c1-25-22-39(34-19-27(15-18-33(34)41(25)26(2)42)29-21-38-40(23-29)31-16-17-31)35(43)44-36(30-12-7-5-3-4-6-8-13-30)20-28-11-9-10-14-32(28)37-24-36/h9-11,14-15,18-19,21,23,25,30-31,37H,3-8,12-13,16-17,20,22,24H2,1-2H3/t25-,36?/m0/s1. The molecule has 1 unspecified atom stereocenters. The lowest BCUT2D eigenvalue weighted by Crippen LogP contribution is -2.57. The van der Waals surface area contributed by atoms with Crippen LogP contribution in [0.1, 0.15) is 89.7 Å². The molecular formula is C36H45N5O3. The van der Waals surface area contributed by atoms with Crippen molar-refractivity contribution in [1.82, 2.24) is 9.78 Å². The van der Waals surface area contributed by atoms with E-state index in [4.69, 9.17) is 4.74 Å². The van der Waals surface area contributed by atoms with Crippen molar-refractivity contribution in [2.75, 3.05) is 28.2 Å². The Kier molecular flexibility index (Phi) is 7.85. The summed E-state index contributed by atoms with van der Waals surface area (Å²) >= 11 is 0. The van der Waals surface area contributed by atoms with Crippen molar-refractivity contribution >= 4 is 29.1 Å². The number of amides is 2. The molecule has 2 atom stereocenters. The molecule has 0 saturated heterocycles. The number of carbonyl (C=O) groups excluding carboxylic acids is 2. The lowest BCUT2D eigenvalue weighted by Gasteiger charge is -2.46. The number of carbonyl (C=O) groups is 2. The SMILES string of the molecule is CC(=O)N1c2ccc(-c3cnn(C4CC4)c3)cc2N(C(=O)OC2(C3CCCCCCCC3)CNc3ccccc3C2)C[C@@H]1C. The molecule has 0 spiro atoms. The van der Waals surface area contributed by atoms with E-state index in [1.807, 2.05) is 40.9 Å². The molecule has 8 heteroatoms. The molecule has 2 aliphatic carbocycles. The Morgan fingerprint density at radius 2 is 1.68 bits per heavy atom. The first kappa shape index (κ1) is 28.9. The van der Waals surface area contributed by atoms with E-state index in [9.17, 15) is 9.59 Å². The minimum Gasteiger partial charge on any atom is -0.440 e. The number of hydrogen-bond acceptors (Lipinski definition) is 5. The molecule has 2 amide bonds. The highest BCUT2D eigenvalue weighted by molar-refractivity contribution is 6.03. The lowest BCUT2D eigenvalue weighted by molar-refractivity contribution is -0.117. The smallest absolute Gasteiger partial charge is 0.415 e. The Bertz CT molecular complexity index is 1520. The Morgan fingerprint density at radius 3 is 2.43 bits per heavy atom. The summed E-state index contributed by atoms with van der Waals surface area (Å²) in [5.74, 6) is 0.247. The molecule has 3 heterocycles. The summed E-state index contributed by atoms with van der Waals surface area (Å²) in [5, 5.41) is 8.24. The number of nitrogens with one attached hydrogen (secondary N) is 1. The van der Waals surface area contributed by atoms with Gasteiger partial charge < -0.3 is 15.0 Å². The molecule has 0 bridgehead atoms. The maximum absolute atomic E-state index is 14.5. The second kappa shape index (κ2) is 11.9. The van der Waals surface area contributed by atoms with Crippen LogP contribution in [0.2, 0.25) is 0 Å². The fraction of sp³-hybridized carbons (Fsp3) is 0.528. The molecule has 1 aromatic heterocycles. The van der Waals surface area contributed by atoms with Crippen molar-refractivity contribution in [2.45, 2.75) is 102 Å². The monoisotopic (exact) mass is 595 g/mol. The van der Waals surface area contributed by atoms with Crippen molar-refractivity contribution < 1.29 is 14.3 Å². The largest absolute Gasteiger partial charge is 0.440 e. The molecule has 2 fully saturated rings. The first-order valence-electron chi connectivity index (χ1n) is 16.7. The van der Waals surface area contributed by atoms with Crippen LogP contribution in [0.15, 0.2) is 54.9 Å². The van der Waals surface area contributed by atoms with Gasteiger partial charge in [0, 0.05) is 43.3 Å². The Hall–Kier alpha value is -3.81. The van der Waals surface area contributed by atoms with E-state index in [1.165, 1.54) is 56.9 Å². The highest BCUT2D eigenvalue weighted by Gasteiger charge is 2.46. The second-order valence-corrected chi connectivity index (χ2v) is 13.5. The van der Waals surface area contributed by atoms with Gasteiger partial charge in [-0.2, -0.15) is 5.10 Å². The zero-order chi connectivity index (χ0) is 30.3. The van der Waals surface area contributed by atoms with Crippen molar-refractivity contribution in [1.29, 1.82) is 0 Å². The summed E-state index contributed by atoms with van der Waals surface area (Å²) in [4.78, 5) is 31.0. The number of para-hydroxylation sites is 1. The molecule has 1 N–H and O–H groups in total. The molecule has 2 aliphatic heterocycles. The summed E-state index contributed by atoms with van der Waals surface area (Å²) in [7, 11) is 0. The first-order chi connectivity index (χ1) is 21.4. The summed E-state index contributed by atoms with van der Waals surface area (Å²) in [6.45, 7) is 4.58. The Morgan fingerprint density at radius 1 is 0.932 bits per heavy atom. The summed E-state index contributed by atoms with van der Waals surface area (Å²) in [6.07, 6.45) is 16.2. The third kappa shape index (κ3) is 5.59. The highest BCUT2D eigenvalue weighted by Crippen LogP contribution is 2.44. The van der Waals surface area contributed by atoms with Crippen LogP contribution in [-0.4, -0.2) is 46.5 Å². The number of aromatic nitrogens is 2. The summed E-state index contributed by atoms with van der Waals surface area (Å²) in [5.41, 5.74) is 5.15. The van der Waals surface area contributed by atoms with Crippen LogP contribution in [0, 0.1) is 5.92 Å². The van der Waals surface area contributed by atoms with Gasteiger partial charge in [-0.1, -0.05) is 62.8 Å². The number of hydrogen-bond donors (Lipinski definition) is 1. The van der Waals surface area contributed by atoms with Crippen molar-refractivity contribution in [3.63, 3.8) is 0 Å². The van der Waals surface area contributed by atoms with Gasteiger partial charge in [-0.25, -0.2) is 4.79 Å². The van der Waals surface area contributed by atoms with E-state index in [0.717, 1.165) is 35.3 Å². The van der Waals surface area contributed by atoms with Crippen molar-refractivity contribution in [2.24, 2.45) is 5.92 Å². The van der Waals surface area contributed by atoms with Gasteiger partial charge in [0.05, 0.1) is 36.2 Å². The molecule has 2 aromatic carbocycles. The molecule has 4 aliphatic rings. The zero-order valence-corrected chi connectivity index (χ0v) is 26.1. The average Bonchev–Trinajstić information content (AvgIpc) is 3.72. The van der Waals surface area contributed by atoms with Gasteiger partial charge in [0.2, 0.25) is 5.91 Å². The van der Waals surface area contributed by atoms with Crippen molar-refractivity contribution in [3.05, 3.63) is 60.4 Å². The average molecular weight is 596 g/mol. The van der Waals surface area contributed by atoms with E-state index >= 15 is 0 Å². The van der Waals surface area contributed by atoms with E-state index in [-0.39, 0.29) is 24.0 Å². The van der Waals surface area contributed by atoms with Crippen LogP contribution in [0.25, 0.3) is 11.1 Å². The molecule has 3 aromatic rings. The van der Waals surface area contributed by atoms with Crippen LogP contribution >= 0.6 is 0 Å². The van der Waals surface area contributed by atoms with Gasteiger partial charge in [0.15, 0.2) is 0 Å². The van der Waals surface area contributed by atoms with E-state index in [2.05, 4.69) is 40.9 Å². The highest BCUT2D eigenvalue weighted by atomic mass is 16.6. The molecule has 2 saturated carbocycles. The van der Waals surface area contributed by atoms with E-state index in [0.29, 0.717) is 31.2 Å². The molecule has 0 radical (unpaired) electrons. The van der Waals surface area contributed by atoms with Gasteiger partial charge in [-0.3, -0.25) is 14.4 Å². The lowest BCUT2D eigenvalue weighted by atomic mass is 9.74. The molecule has 232 valence electrons. The summed E-state index contributed by atoms with van der Waals surface area (Å²) in [6, 6.07) is 14.8. The van der Waals surface area contributed by atoms with Crippen LogP contribution in [-0.2, 0) is 16.0 Å². The minimum atomic E-state index is -0.639. The second-order valence-electron chi connectivity index (χ2n) is 13.5. The van der Waals surface area contributed by atoms with Gasteiger partial charge in [-0.05, 0) is 61.9 Å². The molecule has 8 nitrogen and oxygen atoms in total. The van der Waals surface area contributed by atoms with Crippen molar-refractivity contribution in [3.8, 4) is 11.1 Å². The van der Waals surface area contributed by atoms with E-state index in [1.54, 1.807) is 11.8 Å². The van der Waals surface area contributed by atoms with Crippen LogP contribution < -0.4 is 15.1 Å². The van der Waals surface area contributed by atoms with E-state index < -0.39 is 5.60 Å². The quantitative estimate of drug-likeness (QED) is 0.334. The Labute approximate surface area is 260 Å². The number of benzene rings is 2. The number of rotatable bonds is 4. The number of anilines is 3. The normalized spacial score (nSPS) is 24.3. The summed E-state index contributed by atoms with van der Waals surface area (Å²) < 4.78 is 8.89. The third-order valence-electron chi connectivity index (χ3n) is 10.3. The number of ether oxygens (including phenoxy) is 1. The first-order valence-corrected chi connectivity index (χ1v) is 16.7. The molecule has 44 heavy (non-hydrogen) atoms. The van der Waals surface area contributed by atoms with Gasteiger partial charge in [0.1, 0.15) is 5.60 Å². The van der Waals surface area contributed by atoms with Gasteiger partial charge in [0.25, 0.3) is 0 Å². The maximum Gasteiger partial charge on any atom is 0.415 e. The molecule has 7 rings (SSSR count). The van der Waals surface area contributed by atoms with Crippen LogP contribution in [0.3, 0.4) is 0 Å². The Balaban J connectivity index is 1.24. The maximum atomic E-state index is 14.5. The fourth-order valence-electron chi connectivity index (χ4n) is 7.79. The van der Waals surface area contributed by atoms with Gasteiger partial charge >= 0.3 is 6.09 Å². The third-order valence-corrected chi connectivity index (χ3v) is 10.3. The molecular weight excluding hydrogens is 550 g/mol. The number of fused-ring (bicyclic) bond motifs is 2. The van der Waals surface area contributed by atoms with Crippen LogP contribution in [0.5, 0.6) is 0 Å². The zero-order valence-electron chi connectivity index (χ0n) is 26.1.